The van der Waals surface area contributed by atoms with Crippen LogP contribution < -0.4 is 10.2 Å². The summed E-state index contributed by atoms with van der Waals surface area (Å²) in [6.45, 7) is 2.44. The van der Waals surface area contributed by atoms with E-state index in [9.17, 15) is 14.4 Å². The fourth-order valence-electron chi connectivity index (χ4n) is 4.94. The summed E-state index contributed by atoms with van der Waals surface area (Å²) in [5.74, 6) is -0.848. The second kappa shape index (κ2) is 14.0. The highest BCUT2D eigenvalue weighted by molar-refractivity contribution is 6.34. The molecule has 0 spiro atoms. The van der Waals surface area contributed by atoms with E-state index in [2.05, 4.69) is 10.4 Å². The third-order valence-electron chi connectivity index (χ3n) is 7.03. The molecule has 0 saturated heterocycles. The highest BCUT2D eigenvalue weighted by atomic mass is 35.5. The number of anilines is 1. The Kier molecular flexibility index (Phi) is 9.70. The summed E-state index contributed by atoms with van der Waals surface area (Å²) >= 11 is 6.66. The van der Waals surface area contributed by atoms with Gasteiger partial charge in [0.2, 0.25) is 0 Å². The molecule has 0 unspecified atom stereocenters. The van der Waals surface area contributed by atoms with E-state index in [1.165, 1.54) is 0 Å². The number of aromatic nitrogens is 2. The van der Waals surface area contributed by atoms with Crippen LogP contribution in [0.2, 0.25) is 5.02 Å². The van der Waals surface area contributed by atoms with Gasteiger partial charge in [0.25, 0.3) is 5.91 Å². The van der Waals surface area contributed by atoms with Crippen LogP contribution >= 0.6 is 11.6 Å². The summed E-state index contributed by atoms with van der Waals surface area (Å²) in [5.41, 5.74) is 3.44. The number of benzene rings is 3. The summed E-state index contributed by atoms with van der Waals surface area (Å²) in [6.07, 6.45) is 3.45. The number of halogens is 1. The van der Waals surface area contributed by atoms with Crippen molar-refractivity contribution >= 4 is 35.2 Å². The molecule has 0 bridgehead atoms. The monoisotopic (exact) mass is 601 g/mol. The summed E-state index contributed by atoms with van der Waals surface area (Å²) in [7, 11) is 0. The maximum Gasteiger partial charge on any atom is 0.325 e. The SMILES string of the molecule is CCOC(=O)CNC(=O)N1Cc2ccccc2N(C(=O)c2ccc(-n3cccn3)cc2Cl)C[C@H]1COCc1ccccc1. The van der Waals surface area contributed by atoms with Crippen molar-refractivity contribution in [2.24, 2.45) is 0 Å². The lowest BCUT2D eigenvalue weighted by molar-refractivity contribution is -0.141. The number of ether oxygens (including phenoxy) is 2. The quantitative estimate of drug-likeness (QED) is 0.275. The highest BCUT2D eigenvalue weighted by Gasteiger charge is 2.34. The number of rotatable bonds is 9. The summed E-state index contributed by atoms with van der Waals surface area (Å²) in [4.78, 5) is 42.8. The minimum absolute atomic E-state index is 0.134. The van der Waals surface area contributed by atoms with Gasteiger partial charge in [-0.2, -0.15) is 5.10 Å². The standard InChI is InChI=1S/C32H32ClN5O5/c1-2-43-30(39)18-34-32(41)36-19-24-11-6-7-12-29(24)37(20-26(36)22-42-21-23-9-4-3-5-10-23)31(40)27-14-13-25(17-28(27)33)38-16-8-15-35-38/h3-17,26H,2,18-22H2,1H3,(H,34,41)/t26-/m0/s1. The average Bonchev–Trinajstić information content (AvgIpc) is 3.51. The maximum atomic E-state index is 14.1. The van der Waals surface area contributed by atoms with Gasteiger partial charge in [0.1, 0.15) is 6.54 Å². The number of carbonyl (C=O) groups excluding carboxylic acids is 3. The van der Waals surface area contributed by atoms with E-state index in [1.54, 1.807) is 58.1 Å². The number of amides is 3. The maximum absolute atomic E-state index is 14.1. The number of para-hydroxylation sites is 1. The van der Waals surface area contributed by atoms with Gasteiger partial charge in [-0.15, -0.1) is 0 Å². The molecule has 43 heavy (non-hydrogen) atoms. The van der Waals surface area contributed by atoms with E-state index >= 15 is 0 Å². The van der Waals surface area contributed by atoms with Crippen molar-refractivity contribution in [1.29, 1.82) is 0 Å². The molecular weight excluding hydrogens is 570 g/mol. The van der Waals surface area contributed by atoms with Gasteiger partial charge in [-0.25, -0.2) is 9.48 Å². The largest absolute Gasteiger partial charge is 0.465 e. The van der Waals surface area contributed by atoms with Crippen LogP contribution in [-0.2, 0) is 27.4 Å². The molecular formula is C32H32ClN5O5. The van der Waals surface area contributed by atoms with Gasteiger partial charge in [0.15, 0.2) is 0 Å². The number of esters is 1. The first-order chi connectivity index (χ1) is 20.9. The summed E-state index contributed by atoms with van der Waals surface area (Å²) < 4.78 is 12.7. The molecule has 2 heterocycles. The molecule has 1 aromatic heterocycles. The number of carbonyl (C=O) groups is 3. The predicted molar refractivity (Wildman–Crippen MR) is 162 cm³/mol. The molecule has 3 amide bonds. The molecule has 1 aliphatic rings. The van der Waals surface area contributed by atoms with E-state index < -0.39 is 18.0 Å². The molecule has 0 radical (unpaired) electrons. The Bertz CT molecular complexity index is 1560. The van der Waals surface area contributed by atoms with Crippen LogP contribution in [0.15, 0.2) is 91.3 Å². The predicted octanol–water partition coefficient (Wildman–Crippen LogP) is 4.85. The van der Waals surface area contributed by atoms with Crippen molar-refractivity contribution < 1.29 is 23.9 Å². The molecule has 1 N–H and O–H groups in total. The number of hydrogen-bond donors (Lipinski definition) is 1. The second-order valence-electron chi connectivity index (χ2n) is 9.91. The van der Waals surface area contributed by atoms with E-state index in [0.717, 1.165) is 16.8 Å². The number of fused-ring (bicyclic) bond motifs is 1. The highest BCUT2D eigenvalue weighted by Crippen LogP contribution is 2.31. The smallest absolute Gasteiger partial charge is 0.325 e. The molecule has 11 heteroatoms. The van der Waals surface area contributed by atoms with Gasteiger partial charge >= 0.3 is 12.0 Å². The average molecular weight is 602 g/mol. The van der Waals surface area contributed by atoms with Gasteiger partial charge in [0, 0.05) is 31.2 Å². The van der Waals surface area contributed by atoms with Crippen LogP contribution in [0.5, 0.6) is 0 Å². The fourth-order valence-corrected chi connectivity index (χ4v) is 5.19. The lowest BCUT2D eigenvalue weighted by Crippen LogP contribution is -2.52. The molecule has 1 atom stereocenters. The van der Waals surface area contributed by atoms with Gasteiger partial charge < -0.3 is 24.6 Å². The number of nitrogens with zero attached hydrogens (tertiary/aromatic N) is 4. The topological polar surface area (TPSA) is 106 Å². The van der Waals surface area contributed by atoms with E-state index in [1.807, 2.05) is 54.6 Å². The van der Waals surface area contributed by atoms with Crippen molar-refractivity contribution in [2.45, 2.75) is 26.1 Å². The Balaban J connectivity index is 1.44. The van der Waals surface area contributed by atoms with Crippen LogP contribution in [-0.4, -0.2) is 64.9 Å². The Morgan fingerprint density at radius 3 is 2.56 bits per heavy atom. The number of urea groups is 1. The minimum Gasteiger partial charge on any atom is -0.465 e. The lowest BCUT2D eigenvalue weighted by Gasteiger charge is -2.32. The van der Waals surface area contributed by atoms with Crippen molar-refractivity contribution in [3.8, 4) is 5.69 Å². The van der Waals surface area contributed by atoms with Gasteiger partial charge in [0.05, 0.1) is 42.1 Å². The van der Waals surface area contributed by atoms with Crippen LogP contribution in [0.25, 0.3) is 5.69 Å². The lowest BCUT2D eigenvalue weighted by atomic mass is 10.1. The van der Waals surface area contributed by atoms with E-state index in [-0.39, 0.29) is 43.8 Å². The third-order valence-corrected chi connectivity index (χ3v) is 7.34. The zero-order chi connectivity index (χ0) is 30.2. The molecule has 1 aliphatic heterocycles. The van der Waals surface area contributed by atoms with Gasteiger partial charge in [-0.05, 0) is 48.4 Å². The van der Waals surface area contributed by atoms with Crippen molar-refractivity contribution in [2.75, 3.05) is 31.2 Å². The Morgan fingerprint density at radius 1 is 1.02 bits per heavy atom. The van der Waals surface area contributed by atoms with E-state index in [0.29, 0.717) is 17.9 Å². The van der Waals surface area contributed by atoms with Crippen LogP contribution in [0.1, 0.15) is 28.4 Å². The first-order valence-corrected chi connectivity index (χ1v) is 14.3. The summed E-state index contributed by atoms with van der Waals surface area (Å²) in [5, 5.41) is 7.17. The Labute approximate surface area is 254 Å². The van der Waals surface area contributed by atoms with Crippen molar-refractivity contribution in [1.82, 2.24) is 20.0 Å². The fraction of sp³-hybridized carbons (Fsp3) is 0.250. The Hall–Kier alpha value is -4.67. The molecule has 4 aromatic rings. The number of hydrogen-bond acceptors (Lipinski definition) is 6. The third kappa shape index (κ3) is 7.22. The zero-order valence-electron chi connectivity index (χ0n) is 23.7. The molecule has 3 aromatic carbocycles. The molecule has 0 saturated carbocycles. The van der Waals surface area contributed by atoms with Crippen LogP contribution in [0.3, 0.4) is 0 Å². The van der Waals surface area contributed by atoms with Gasteiger partial charge in [-0.3, -0.25) is 9.59 Å². The zero-order valence-corrected chi connectivity index (χ0v) is 24.4. The molecule has 5 rings (SSSR count). The van der Waals surface area contributed by atoms with Crippen LogP contribution in [0.4, 0.5) is 10.5 Å². The first kappa shape index (κ1) is 29.8. The van der Waals surface area contributed by atoms with Gasteiger partial charge in [-0.1, -0.05) is 60.1 Å². The van der Waals surface area contributed by atoms with E-state index in [4.69, 9.17) is 21.1 Å². The summed E-state index contributed by atoms with van der Waals surface area (Å²) in [6, 6.07) is 23.1. The molecule has 10 nitrogen and oxygen atoms in total. The van der Waals surface area contributed by atoms with Crippen LogP contribution in [0, 0.1) is 0 Å². The first-order valence-electron chi connectivity index (χ1n) is 14.0. The van der Waals surface area contributed by atoms with Crippen molar-refractivity contribution in [3.05, 3.63) is 113 Å². The van der Waals surface area contributed by atoms with Crippen molar-refractivity contribution in [3.63, 3.8) is 0 Å². The molecule has 0 fully saturated rings. The second-order valence-corrected chi connectivity index (χ2v) is 10.3. The Morgan fingerprint density at radius 2 is 1.81 bits per heavy atom. The minimum atomic E-state index is -0.551. The number of nitrogens with one attached hydrogen (secondary N) is 1. The molecule has 222 valence electrons. The normalized spacial score (nSPS) is 14.5. The molecule has 0 aliphatic carbocycles.